The van der Waals surface area contributed by atoms with E-state index in [1.807, 2.05) is 0 Å². The molecule has 2 N–H and O–H groups in total. The number of nitrogens with zero attached hydrogens (tertiary/aromatic N) is 1. The summed E-state index contributed by atoms with van der Waals surface area (Å²) in [6, 6.07) is 0. The van der Waals surface area contributed by atoms with E-state index in [0.717, 1.165) is 5.57 Å². The number of rotatable bonds is 3. The van der Waals surface area contributed by atoms with Gasteiger partial charge in [0.25, 0.3) is 0 Å². The SMILES string of the molecule is CC(C)=C(C)C(=O)O.O=C=NCCO. The van der Waals surface area contributed by atoms with Gasteiger partial charge in [-0.25, -0.2) is 14.6 Å². The number of carbonyl (C=O) groups is 1. The number of carboxylic acid groups (broad SMARTS) is 1. The Hall–Kier alpha value is -1.45. The van der Waals surface area contributed by atoms with E-state index in [2.05, 4.69) is 4.99 Å². The quantitative estimate of drug-likeness (QED) is 0.400. The number of carboxylic acids is 1. The van der Waals surface area contributed by atoms with Crippen molar-refractivity contribution in [1.29, 1.82) is 0 Å². The fraction of sp³-hybridized carbons (Fsp3) is 0.556. The summed E-state index contributed by atoms with van der Waals surface area (Å²) < 4.78 is 0. The van der Waals surface area contributed by atoms with Crippen LogP contribution in [0.25, 0.3) is 0 Å². The van der Waals surface area contributed by atoms with E-state index in [0.29, 0.717) is 5.57 Å². The third-order valence-corrected chi connectivity index (χ3v) is 1.35. The normalized spacial score (nSPS) is 7.71. The molecule has 0 saturated heterocycles. The van der Waals surface area contributed by atoms with Crippen LogP contribution >= 0.6 is 0 Å². The maximum Gasteiger partial charge on any atom is 0.331 e. The largest absolute Gasteiger partial charge is 0.478 e. The number of hydrogen-bond donors (Lipinski definition) is 2. The van der Waals surface area contributed by atoms with Crippen LogP contribution in [-0.4, -0.2) is 35.4 Å². The molecule has 0 atom stereocenters. The molecule has 0 aliphatic rings. The average molecular weight is 201 g/mol. The van der Waals surface area contributed by atoms with Crippen LogP contribution in [0.15, 0.2) is 16.1 Å². The number of aliphatic imine (C=N–C) groups is 1. The Kier molecular flexibility index (Phi) is 10.4. The number of aliphatic hydroxyl groups is 1. The van der Waals surface area contributed by atoms with Gasteiger partial charge in [0, 0.05) is 5.57 Å². The van der Waals surface area contributed by atoms with Gasteiger partial charge in [-0.05, 0) is 20.8 Å². The van der Waals surface area contributed by atoms with E-state index in [1.54, 1.807) is 20.8 Å². The van der Waals surface area contributed by atoms with Gasteiger partial charge in [-0.1, -0.05) is 5.57 Å². The first kappa shape index (κ1) is 15.0. The molecule has 14 heavy (non-hydrogen) atoms. The highest BCUT2D eigenvalue weighted by Crippen LogP contribution is 1.99. The molecule has 0 bridgehead atoms. The predicted octanol–water partition coefficient (Wildman–Crippen LogP) is 0.742. The number of carbonyl (C=O) groups excluding carboxylic acids is 1. The molecule has 0 fully saturated rings. The molecule has 0 unspecified atom stereocenters. The van der Waals surface area contributed by atoms with Gasteiger partial charge in [-0.3, -0.25) is 0 Å². The molecule has 0 saturated carbocycles. The third-order valence-electron chi connectivity index (χ3n) is 1.35. The first-order chi connectivity index (χ1) is 6.47. The van der Waals surface area contributed by atoms with E-state index < -0.39 is 5.97 Å². The van der Waals surface area contributed by atoms with E-state index in [-0.39, 0.29) is 13.2 Å². The second-order valence-corrected chi connectivity index (χ2v) is 2.63. The van der Waals surface area contributed by atoms with Crippen molar-refractivity contribution in [1.82, 2.24) is 0 Å². The van der Waals surface area contributed by atoms with Crippen molar-refractivity contribution < 1.29 is 19.8 Å². The van der Waals surface area contributed by atoms with Crippen LogP contribution < -0.4 is 0 Å². The summed E-state index contributed by atoms with van der Waals surface area (Å²) in [7, 11) is 0. The lowest BCUT2D eigenvalue weighted by atomic mass is 10.2. The summed E-state index contributed by atoms with van der Waals surface area (Å²) in [4.78, 5) is 22.3. The molecule has 0 radical (unpaired) electrons. The molecule has 0 aromatic rings. The summed E-state index contributed by atoms with van der Waals surface area (Å²) in [6.07, 6.45) is 1.28. The highest BCUT2D eigenvalue weighted by Gasteiger charge is 1.98. The molecule has 0 aliphatic heterocycles. The minimum absolute atomic E-state index is 0.0742. The van der Waals surface area contributed by atoms with Crippen molar-refractivity contribution in [3.63, 3.8) is 0 Å². The Bertz CT molecular complexity index is 248. The van der Waals surface area contributed by atoms with Gasteiger partial charge in [0.1, 0.15) is 0 Å². The number of isocyanates is 1. The van der Waals surface area contributed by atoms with Crippen molar-refractivity contribution in [2.75, 3.05) is 13.2 Å². The van der Waals surface area contributed by atoms with E-state index in [4.69, 9.17) is 15.0 Å². The zero-order valence-electron chi connectivity index (χ0n) is 8.57. The van der Waals surface area contributed by atoms with Gasteiger partial charge in [-0.2, -0.15) is 0 Å². The Morgan fingerprint density at radius 3 is 1.93 bits per heavy atom. The van der Waals surface area contributed by atoms with Crippen molar-refractivity contribution >= 4 is 12.0 Å². The number of aliphatic carboxylic acids is 1. The fourth-order valence-electron chi connectivity index (χ4n) is 0.310. The number of aliphatic hydroxyl groups excluding tert-OH is 1. The average Bonchev–Trinajstić information content (AvgIpc) is 2.14. The molecule has 5 nitrogen and oxygen atoms in total. The van der Waals surface area contributed by atoms with E-state index in [9.17, 15) is 4.79 Å². The van der Waals surface area contributed by atoms with Crippen molar-refractivity contribution in [3.8, 4) is 0 Å². The summed E-state index contributed by atoms with van der Waals surface area (Å²) in [5.74, 6) is -0.829. The standard InChI is InChI=1S/C6H10O2.C3H5NO2/c1-4(2)5(3)6(7)8;5-2-1-4-3-6/h1-3H3,(H,7,8);5H,1-2H2. The minimum Gasteiger partial charge on any atom is -0.478 e. The third kappa shape index (κ3) is 10.6. The van der Waals surface area contributed by atoms with Gasteiger partial charge in [0.15, 0.2) is 0 Å². The van der Waals surface area contributed by atoms with Gasteiger partial charge < -0.3 is 10.2 Å². The molecule has 0 heterocycles. The monoisotopic (exact) mass is 201 g/mol. The zero-order valence-corrected chi connectivity index (χ0v) is 8.57. The van der Waals surface area contributed by atoms with Gasteiger partial charge in [0.05, 0.1) is 13.2 Å². The molecule has 0 spiro atoms. The summed E-state index contributed by atoms with van der Waals surface area (Å²) >= 11 is 0. The van der Waals surface area contributed by atoms with Crippen LogP contribution in [-0.2, 0) is 9.59 Å². The lowest BCUT2D eigenvalue weighted by Crippen LogP contribution is -1.97. The van der Waals surface area contributed by atoms with Crippen molar-refractivity contribution in [2.45, 2.75) is 20.8 Å². The Balaban J connectivity index is 0. The molecule has 0 rings (SSSR count). The summed E-state index contributed by atoms with van der Waals surface area (Å²) in [6.45, 7) is 5.25. The maximum atomic E-state index is 10.1. The van der Waals surface area contributed by atoms with Gasteiger partial charge >= 0.3 is 5.97 Å². The number of allylic oxidation sites excluding steroid dienone is 1. The van der Waals surface area contributed by atoms with Crippen LogP contribution in [0.4, 0.5) is 0 Å². The molecule has 0 aromatic carbocycles. The number of hydrogen-bond acceptors (Lipinski definition) is 4. The lowest BCUT2D eigenvalue weighted by molar-refractivity contribution is -0.132. The van der Waals surface area contributed by atoms with E-state index in [1.165, 1.54) is 6.08 Å². The first-order valence-corrected chi connectivity index (χ1v) is 3.99. The summed E-state index contributed by atoms with van der Waals surface area (Å²) in [5, 5.41) is 16.2. The van der Waals surface area contributed by atoms with Crippen LogP contribution in [0.5, 0.6) is 0 Å². The topological polar surface area (TPSA) is 87.0 Å². The molecular formula is C9H15NO4. The highest BCUT2D eigenvalue weighted by molar-refractivity contribution is 5.86. The maximum absolute atomic E-state index is 10.1. The van der Waals surface area contributed by atoms with Crippen LogP contribution in [0, 0.1) is 0 Å². The van der Waals surface area contributed by atoms with Gasteiger partial charge in [0.2, 0.25) is 6.08 Å². The molecule has 0 aliphatic carbocycles. The molecule has 0 aromatic heterocycles. The predicted molar refractivity (Wildman–Crippen MR) is 51.8 cm³/mol. The molecule has 0 amide bonds. The van der Waals surface area contributed by atoms with Crippen LogP contribution in [0.3, 0.4) is 0 Å². The molecular weight excluding hydrogens is 186 g/mol. The van der Waals surface area contributed by atoms with E-state index >= 15 is 0 Å². The van der Waals surface area contributed by atoms with Crippen molar-refractivity contribution in [3.05, 3.63) is 11.1 Å². The molecule has 80 valence electrons. The van der Waals surface area contributed by atoms with Gasteiger partial charge in [-0.15, -0.1) is 0 Å². The highest BCUT2D eigenvalue weighted by atomic mass is 16.4. The molecule has 5 heteroatoms. The first-order valence-electron chi connectivity index (χ1n) is 3.99. The minimum atomic E-state index is -0.829. The Morgan fingerprint density at radius 1 is 1.36 bits per heavy atom. The Morgan fingerprint density at radius 2 is 1.86 bits per heavy atom. The summed E-state index contributed by atoms with van der Waals surface area (Å²) in [5.41, 5.74) is 1.29. The van der Waals surface area contributed by atoms with Crippen LogP contribution in [0.2, 0.25) is 0 Å². The second-order valence-electron chi connectivity index (χ2n) is 2.63. The Labute approximate surface area is 82.8 Å². The van der Waals surface area contributed by atoms with Crippen LogP contribution in [0.1, 0.15) is 20.8 Å². The smallest absolute Gasteiger partial charge is 0.331 e. The second kappa shape index (κ2) is 9.64. The van der Waals surface area contributed by atoms with Crippen molar-refractivity contribution in [2.24, 2.45) is 4.99 Å². The lowest BCUT2D eigenvalue weighted by Gasteiger charge is -1.92. The fourth-order valence-corrected chi connectivity index (χ4v) is 0.310. The zero-order chi connectivity index (χ0) is 11.6.